The van der Waals surface area contributed by atoms with Crippen molar-refractivity contribution in [1.82, 2.24) is 14.8 Å². The zero-order valence-electron chi connectivity index (χ0n) is 19.7. The van der Waals surface area contributed by atoms with Gasteiger partial charge in [0.15, 0.2) is 23.0 Å². The zero-order valence-corrected chi connectivity index (χ0v) is 19.7. The molecule has 0 saturated carbocycles. The van der Waals surface area contributed by atoms with E-state index in [0.717, 1.165) is 35.1 Å². The largest absolute Gasteiger partial charge is 0.454 e. The molecular formula is C25H32N4O4. The first-order chi connectivity index (χ1) is 15.8. The van der Waals surface area contributed by atoms with Crippen molar-refractivity contribution in [2.45, 2.75) is 65.5 Å². The van der Waals surface area contributed by atoms with Gasteiger partial charge in [0.05, 0.1) is 11.0 Å². The summed E-state index contributed by atoms with van der Waals surface area (Å²) in [6, 6.07) is 7.75. The number of aryl methyl sites for hydroxylation is 1. The van der Waals surface area contributed by atoms with E-state index in [0.29, 0.717) is 42.5 Å². The van der Waals surface area contributed by atoms with Crippen molar-refractivity contribution in [1.29, 1.82) is 0 Å². The molecule has 0 saturated heterocycles. The highest BCUT2D eigenvalue weighted by Gasteiger charge is 2.20. The highest BCUT2D eigenvalue weighted by molar-refractivity contribution is 6.00. The first kappa shape index (κ1) is 23.0. The summed E-state index contributed by atoms with van der Waals surface area (Å²) in [5.41, 5.74) is 1.66. The smallest absolute Gasteiger partial charge is 0.231 e. The van der Waals surface area contributed by atoms with Crippen molar-refractivity contribution in [2.75, 3.05) is 12.1 Å². The lowest BCUT2D eigenvalue weighted by Gasteiger charge is -2.16. The van der Waals surface area contributed by atoms with Crippen molar-refractivity contribution in [2.24, 2.45) is 5.92 Å². The van der Waals surface area contributed by atoms with Crippen molar-refractivity contribution >= 4 is 22.8 Å². The Balaban J connectivity index is 1.69. The molecule has 0 spiro atoms. The second-order valence-corrected chi connectivity index (χ2v) is 9.23. The fraction of sp³-hybridized carbons (Fsp3) is 0.480. The summed E-state index contributed by atoms with van der Waals surface area (Å²) in [5.74, 6) is 2.21. The van der Waals surface area contributed by atoms with Crippen molar-refractivity contribution in [3.63, 3.8) is 0 Å². The maximum absolute atomic E-state index is 12.7. The van der Waals surface area contributed by atoms with Crippen LogP contribution in [0.3, 0.4) is 0 Å². The van der Waals surface area contributed by atoms with E-state index in [1.807, 2.05) is 24.3 Å². The van der Waals surface area contributed by atoms with Crippen molar-refractivity contribution in [3.05, 3.63) is 30.5 Å². The monoisotopic (exact) mass is 452 g/mol. The summed E-state index contributed by atoms with van der Waals surface area (Å²) >= 11 is 0. The Hall–Kier alpha value is -3.13. The first-order valence-electron chi connectivity index (χ1n) is 11.6. The molecule has 4 rings (SSSR count). The number of aliphatic hydroxyl groups is 1. The Morgan fingerprint density at radius 1 is 1.18 bits per heavy atom. The Labute approximate surface area is 193 Å². The maximum atomic E-state index is 12.7. The number of benzene rings is 1. The lowest BCUT2D eigenvalue weighted by Crippen LogP contribution is -2.21. The first-order valence-corrected chi connectivity index (χ1v) is 11.6. The van der Waals surface area contributed by atoms with Crippen LogP contribution in [0.5, 0.6) is 11.5 Å². The zero-order chi connectivity index (χ0) is 23.6. The van der Waals surface area contributed by atoms with Crippen LogP contribution in [-0.4, -0.2) is 38.2 Å². The normalized spacial score (nSPS) is 13.2. The van der Waals surface area contributed by atoms with Gasteiger partial charge in [-0.25, -0.2) is 9.67 Å². The molecule has 0 radical (unpaired) electrons. The van der Waals surface area contributed by atoms with Crippen LogP contribution in [0.1, 0.15) is 53.4 Å². The van der Waals surface area contributed by atoms with E-state index in [9.17, 15) is 9.90 Å². The van der Waals surface area contributed by atoms with Crippen LogP contribution in [0.25, 0.3) is 22.2 Å². The molecule has 33 heavy (non-hydrogen) atoms. The average molecular weight is 453 g/mol. The van der Waals surface area contributed by atoms with E-state index >= 15 is 0 Å². The third-order valence-electron chi connectivity index (χ3n) is 6.11. The molecule has 2 N–H and O–H groups in total. The Morgan fingerprint density at radius 2 is 1.94 bits per heavy atom. The minimum absolute atomic E-state index is 0.0498. The minimum atomic E-state index is -0.830. The number of pyridine rings is 1. The van der Waals surface area contributed by atoms with Crippen LogP contribution in [0, 0.1) is 5.92 Å². The molecule has 176 valence electrons. The summed E-state index contributed by atoms with van der Waals surface area (Å²) in [7, 11) is 0. The lowest BCUT2D eigenvalue weighted by atomic mass is 9.99. The standard InChI is InChI=1S/C25H32N4O4/c1-5-16(6-2)11-22(30)27-23-19-12-18(17-7-8-20-21(13-17)33-15-32-20)14-26-24(19)29(28-23)10-9-25(3,4)31/h7-8,12-14,16,31H,5-6,9-11,15H2,1-4H3,(H,27,28,30). The number of amides is 1. The molecule has 1 aliphatic heterocycles. The minimum Gasteiger partial charge on any atom is -0.454 e. The summed E-state index contributed by atoms with van der Waals surface area (Å²) < 4.78 is 12.7. The van der Waals surface area contributed by atoms with E-state index in [2.05, 4.69) is 29.2 Å². The Morgan fingerprint density at radius 3 is 2.67 bits per heavy atom. The number of carbonyl (C=O) groups excluding carboxylic acids is 1. The number of carbonyl (C=O) groups is 1. The van der Waals surface area contributed by atoms with Gasteiger partial charge in [-0.15, -0.1) is 0 Å². The van der Waals surface area contributed by atoms with Gasteiger partial charge in [0, 0.05) is 24.7 Å². The fourth-order valence-electron chi connectivity index (χ4n) is 3.94. The van der Waals surface area contributed by atoms with Gasteiger partial charge in [0.2, 0.25) is 12.7 Å². The third kappa shape index (κ3) is 5.27. The van der Waals surface area contributed by atoms with Gasteiger partial charge in [-0.2, -0.15) is 5.10 Å². The molecule has 0 bridgehead atoms. The molecule has 1 aromatic carbocycles. The third-order valence-corrected chi connectivity index (χ3v) is 6.11. The number of nitrogens with zero attached hydrogens (tertiary/aromatic N) is 3. The van der Waals surface area contributed by atoms with E-state index in [-0.39, 0.29) is 12.7 Å². The lowest BCUT2D eigenvalue weighted by molar-refractivity contribution is -0.117. The van der Waals surface area contributed by atoms with Gasteiger partial charge in [-0.3, -0.25) is 4.79 Å². The molecule has 3 heterocycles. The van der Waals surface area contributed by atoms with Crippen LogP contribution in [0.15, 0.2) is 30.5 Å². The van der Waals surface area contributed by atoms with E-state index in [1.54, 1.807) is 24.7 Å². The second kappa shape index (κ2) is 9.39. The number of fused-ring (bicyclic) bond motifs is 2. The molecule has 8 nitrogen and oxygen atoms in total. The molecular weight excluding hydrogens is 420 g/mol. The molecule has 0 atom stereocenters. The molecule has 1 aliphatic rings. The van der Waals surface area contributed by atoms with Crippen LogP contribution < -0.4 is 14.8 Å². The van der Waals surface area contributed by atoms with Crippen LogP contribution >= 0.6 is 0 Å². The van der Waals surface area contributed by atoms with Crippen LogP contribution in [0.2, 0.25) is 0 Å². The molecule has 8 heteroatoms. The summed E-state index contributed by atoms with van der Waals surface area (Å²) in [6.07, 6.45) is 4.68. The average Bonchev–Trinajstić information content (AvgIpc) is 3.39. The van der Waals surface area contributed by atoms with Crippen LogP contribution in [-0.2, 0) is 11.3 Å². The van der Waals surface area contributed by atoms with E-state index in [1.165, 1.54) is 0 Å². The Bertz CT molecular complexity index is 1150. The molecule has 2 aromatic heterocycles. The van der Waals surface area contributed by atoms with Crippen LogP contribution in [0.4, 0.5) is 5.82 Å². The van der Waals surface area contributed by atoms with Gasteiger partial charge >= 0.3 is 0 Å². The summed E-state index contributed by atoms with van der Waals surface area (Å²) in [4.78, 5) is 17.4. The molecule has 1 amide bonds. The van der Waals surface area contributed by atoms with Gasteiger partial charge in [0.25, 0.3) is 0 Å². The number of anilines is 1. The second-order valence-electron chi connectivity index (χ2n) is 9.23. The fourth-order valence-corrected chi connectivity index (χ4v) is 3.94. The topological polar surface area (TPSA) is 98.5 Å². The predicted molar refractivity (Wildman–Crippen MR) is 127 cm³/mol. The number of hydrogen-bond acceptors (Lipinski definition) is 6. The van der Waals surface area contributed by atoms with Gasteiger partial charge in [-0.05, 0) is 49.9 Å². The molecule has 3 aromatic rings. The van der Waals surface area contributed by atoms with Gasteiger partial charge in [0.1, 0.15) is 0 Å². The number of ether oxygens (including phenoxy) is 2. The quantitative estimate of drug-likeness (QED) is 0.486. The molecule has 0 fully saturated rings. The highest BCUT2D eigenvalue weighted by Crippen LogP contribution is 2.37. The summed E-state index contributed by atoms with van der Waals surface area (Å²) in [5, 5.41) is 18.6. The van der Waals surface area contributed by atoms with Crippen molar-refractivity contribution in [3.8, 4) is 22.6 Å². The highest BCUT2D eigenvalue weighted by atomic mass is 16.7. The Kier molecular flexibility index (Phi) is 6.56. The number of aromatic nitrogens is 3. The van der Waals surface area contributed by atoms with Gasteiger partial charge < -0.3 is 19.9 Å². The maximum Gasteiger partial charge on any atom is 0.231 e. The van der Waals surface area contributed by atoms with E-state index < -0.39 is 5.60 Å². The SMILES string of the molecule is CCC(CC)CC(=O)Nc1nn(CCC(C)(C)O)c2ncc(-c3ccc4c(c3)OCO4)cc12. The summed E-state index contributed by atoms with van der Waals surface area (Å²) in [6.45, 7) is 8.44. The van der Waals surface area contributed by atoms with Crippen molar-refractivity contribution < 1.29 is 19.4 Å². The molecule has 0 unspecified atom stereocenters. The van der Waals surface area contributed by atoms with E-state index in [4.69, 9.17) is 9.47 Å². The molecule has 0 aliphatic carbocycles. The number of nitrogens with one attached hydrogen (secondary N) is 1. The predicted octanol–water partition coefficient (Wildman–Crippen LogP) is 4.75. The number of hydrogen-bond donors (Lipinski definition) is 2. The van der Waals surface area contributed by atoms with Gasteiger partial charge in [-0.1, -0.05) is 32.8 Å². The number of rotatable bonds is 9.